The Bertz CT molecular complexity index is 647. The van der Waals surface area contributed by atoms with Gasteiger partial charge in [0, 0.05) is 12.3 Å². The van der Waals surface area contributed by atoms with Gasteiger partial charge < -0.3 is 5.73 Å². The standard InChI is InChI=1S/C22H25NS/c1-3-4-7-12-19(2)22(24-18-17-23,20-13-8-5-9-14-20)21-15-10-6-11-16-21/h3-16H,1,17-18,23H2,2H3/b7-4-,19-12+. The Morgan fingerprint density at radius 2 is 1.54 bits per heavy atom. The summed E-state index contributed by atoms with van der Waals surface area (Å²) in [7, 11) is 0. The molecule has 0 radical (unpaired) electrons. The SMILES string of the molecule is C=C/C=C\C=C(/C)C(SCCN)(c1ccccc1)c1ccccc1. The zero-order valence-electron chi connectivity index (χ0n) is 14.2. The second kappa shape index (κ2) is 9.31. The monoisotopic (exact) mass is 335 g/mol. The van der Waals surface area contributed by atoms with E-state index in [-0.39, 0.29) is 4.75 Å². The molecule has 0 aromatic heterocycles. The Hall–Kier alpha value is -2.03. The molecule has 2 aromatic carbocycles. The first-order valence-electron chi connectivity index (χ1n) is 8.17. The van der Waals surface area contributed by atoms with E-state index in [9.17, 15) is 0 Å². The van der Waals surface area contributed by atoms with Crippen molar-refractivity contribution in [2.75, 3.05) is 12.3 Å². The highest BCUT2D eigenvalue weighted by molar-refractivity contribution is 8.00. The fourth-order valence-corrected chi connectivity index (χ4v) is 4.18. The molecule has 0 heterocycles. The topological polar surface area (TPSA) is 26.0 Å². The number of allylic oxidation sites excluding steroid dienone is 4. The lowest BCUT2D eigenvalue weighted by Gasteiger charge is -2.36. The summed E-state index contributed by atoms with van der Waals surface area (Å²) in [4.78, 5) is 0. The van der Waals surface area contributed by atoms with Crippen LogP contribution in [-0.4, -0.2) is 12.3 Å². The summed E-state index contributed by atoms with van der Waals surface area (Å²) in [6.45, 7) is 6.59. The summed E-state index contributed by atoms with van der Waals surface area (Å²) in [6.07, 6.45) is 7.97. The van der Waals surface area contributed by atoms with Gasteiger partial charge in [0.2, 0.25) is 0 Å². The third-order valence-electron chi connectivity index (χ3n) is 3.95. The molecule has 2 N–H and O–H groups in total. The number of hydrogen-bond donors (Lipinski definition) is 1. The van der Waals surface area contributed by atoms with Crippen LogP contribution in [0.15, 0.2) is 97.1 Å². The molecule has 1 nitrogen and oxygen atoms in total. The predicted molar refractivity (Wildman–Crippen MR) is 108 cm³/mol. The smallest absolute Gasteiger partial charge is 0.0867 e. The van der Waals surface area contributed by atoms with Crippen LogP contribution in [0.4, 0.5) is 0 Å². The molecular formula is C22H25NS. The first kappa shape index (κ1) is 18.3. The zero-order chi connectivity index (χ0) is 17.3. The Morgan fingerprint density at radius 1 is 1.00 bits per heavy atom. The van der Waals surface area contributed by atoms with Crippen LogP contribution >= 0.6 is 11.8 Å². The zero-order valence-corrected chi connectivity index (χ0v) is 15.0. The van der Waals surface area contributed by atoms with Crippen molar-refractivity contribution in [3.8, 4) is 0 Å². The van der Waals surface area contributed by atoms with E-state index in [4.69, 9.17) is 5.73 Å². The molecule has 0 fully saturated rings. The first-order valence-corrected chi connectivity index (χ1v) is 9.15. The molecule has 0 atom stereocenters. The Labute approximate surface area is 150 Å². The lowest BCUT2D eigenvalue weighted by molar-refractivity contribution is 0.865. The van der Waals surface area contributed by atoms with Crippen LogP contribution in [0.2, 0.25) is 0 Å². The maximum Gasteiger partial charge on any atom is 0.0867 e. The molecule has 0 saturated heterocycles. The molecule has 0 spiro atoms. The van der Waals surface area contributed by atoms with Gasteiger partial charge >= 0.3 is 0 Å². The van der Waals surface area contributed by atoms with Gasteiger partial charge in [-0.1, -0.05) is 91.5 Å². The van der Waals surface area contributed by atoms with Gasteiger partial charge in [0.05, 0.1) is 4.75 Å². The molecule has 2 heteroatoms. The van der Waals surface area contributed by atoms with Crippen LogP contribution in [0.25, 0.3) is 0 Å². The summed E-state index contributed by atoms with van der Waals surface area (Å²) >= 11 is 1.89. The molecule has 2 rings (SSSR count). The van der Waals surface area contributed by atoms with Gasteiger partial charge in [0.1, 0.15) is 0 Å². The molecular weight excluding hydrogens is 310 g/mol. The molecule has 0 aliphatic carbocycles. The minimum Gasteiger partial charge on any atom is -0.330 e. The van der Waals surface area contributed by atoms with Crippen molar-refractivity contribution >= 4 is 11.8 Å². The normalized spacial score (nSPS) is 12.5. The van der Waals surface area contributed by atoms with Crippen LogP contribution in [0, 0.1) is 0 Å². The van der Waals surface area contributed by atoms with Crippen molar-refractivity contribution in [3.63, 3.8) is 0 Å². The van der Waals surface area contributed by atoms with E-state index in [2.05, 4.69) is 80.2 Å². The molecule has 0 unspecified atom stereocenters. The predicted octanol–water partition coefficient (Wildman–Crippen LogP) is 5.31. The summed E-state index contributed by atoms with van der Waals surface area (Å²) in [6, 6.07) is 21.3. The summed E-state index contributed by atoms with van der Waals surface area (Å²) in [5.41, 5.74) is 9.67. The van der Waals surface area contributed by atoms with E-state index in [0.29, 0.717) is 6.54 Å². The highest BCUT2D eigenvalue weighted by Crippen LogP contribution is 2.48. The van der Waals surface area contributed by atoms with Crippen molar-refractivity contribution in [3.05, 3.63) is 108 Å². The van der Waals surface area contributed by atoms with Gasteiger partial charge in [-0.3, -0.25) is 0 Å². The van der Waals surface area contributed by atoms with E-state index < -0.39 is 0 Å². The van der Waals surface area contributed by atoms with E-state index in [1.807, 2.05) is 23.9 Å². The summed E-state index contributed by atoms with van der Waals surface area (Å²) in [5, 5.41) is 0. The minimum atomic E-state index is -0.243. The van der Waals surface area contributed by atoms with Gasteiger partial charge in [-0.25, -0.2) is 0 Å². The van der Waals surface area contributed by atoms with Crippen LogP contribution in [-0.2, 0) is 4.75 Å². The molecule has 0 aliphatic rings. The second-order valence-electron chi connectivity index (χ2n) is 5.52. The Balaban J connectivity index is 2.66. The van der Waals surface area contributed by atoms with Crippen molar-refractivity contribution < 1.29 is 0 Å². The molecule has 0 saturated carbocycles. The molecule has 124 valence electrons. The van der Waals surface area contributed by atoms with Crippen LogP contribution in [0.5, 0.6) is 0 Å². The van der Waals surface area contributed by atoms with Crippen LogP contribution in [0.1, 0.15) is 18.1 Å². The van der Waals surface area contributed by atoms with Gasteiger partial charge in [-0.05, 0) is 23.6 Å². The molecule has 0 bridgehead atoms. The lowest BCUT2D eigenvalue weighted by atomic mass is 9.84. The van der Waals surface area contributed by atoms with Crippen LogP contribution in [0.3, 0.4) is 0 Å². The van der Waals surface area contributed by atoms with Gasteiger partial charge in [-0.15, -0.1) is 11.8 Å². The van der Waals surface area contributed by atoms with Gasteiger partial charge in [0.25, 0.3) is 0 Å². The molecule has 2 aromatic rings. The number of nitrogens with two attached hydrogens (primary N) is 1. The number of benzene rings is 2. The number of hydrogen-bond acceptors (Lipinski definition) is 2. The average molecular weight is 336 g/mol. The molecule has 0 aliphatic heterocycles. The second-order valence-corrected chi connectivity index (χ2v) is 6.83. The third-order valence-corrected chi connectivity index (χ3v) is 5.61. The van der Waals surface area contributed by atoms with Crippen molar-refractivity contribution in [1.29, 1.82) is 0 Å². The quantitative estimate of drug-likeness (QED) is 0.662. The fraction of sp³-hybridized carbons (Fsp3) is 0.182. The lowest BCUT2D eigenvalue weighted by Crippen LogP contribution is -2.27. The minimum absolute atomic E-state index is 0.243. The van der Waals surface area contributed by atoms with Crippen LogP contribution < -0.4 is 5.73 Å². The van der Waals surface area contributed by atoms with Crippen molar-refractivity contribution in [1.82, 2.24) is 0 Å². The highest BCUT2D eigenvalue weighted by Gasteiger charge is 2.36. The van der Waals surface area contributed by atoms with Crippen molar-refractivity contribution in [2.45, 2.75) is 11.7 Å². The number of rotatable bonds is 8. The fourth-order valence-electron chi connectivity index (χ4n) is 2.86. The van der Waals surface area contributed by atoms with E-state index in [1.165, 1.54) is 16.7 Å². The number of thioether (sulfide) groups is 1. The largest absolute Gasteiger partial charge is 0.330 e. The maximum atomic E-state index is 5.85. The van der Waals surface area contributed by atoms with Gasteiger partial charge in [0.15, 0.2) is 0 Å². The highest BCUT2D eigenvalue weighted by atomic mass is 32.2. The molecule has 24 heavy (non-hydrogen) atoms. The first-order chi connectivity index (χ1) is 11.8. The van der Waals surface area contributed by atoms with E-state index >= 15 is 0 Å². The van der Waals surface area contributed by atoms with Gasteiger partial charge in [-0.2, -0.15) is 0 Å². The molecule has 0 amide bonds. The Morgan fingerprint density at radius 3 is 2.00 bits per heavy atom. The third kappa shape index (κ3) is 4.08. The maximum absolute atomic E-state index is 5.85. The average Bonchev–Trinajstić information content (AvgIpc) is 2.64. The summed E-state index contributed by atoms with van der Waals surface area (Å²) in [5.74, 6) is 0.889. The van der Waals surface area contributed by atoms with E-state index in [1.54, 1.807) is 6.08 Å². The summed E-state index contributed by atoms with van der Waals surface area (Å²) < 4.78 is -0.243. The Kier molecular flexibility index (Phi) is 7.10. The van der Waals surface area contributed by atoms with E-state index in [0.717, 1.165) is 5.75 Å². The van der Waals surface area contributed by atoms with Crippen molar-refractivity contribution in [2.24, 2.45) is 5.73 Å².